The number of unbranched alkanes of at least 4 members (excludes halogenated alkanes) is 2. The fraction of sp³-hybridized carbons (Fsp3) is 0.345. The van der Waals surface area contributed by atoms with Gasteiger partial charge in [-0.15, -0.1) is 0 Å². The van der Waals surface area contributed by atoms with Crippen molar-refractivity contribution in [3.8, 4) is 5.75 Å². The molecule has 3 aromatic carbocycles. The van der Waals surface area contributed by atoms with E-state index in [9.17, 15) is 4.79 Å². The van der Waals surface area contributed by atoms with Gasteiger partial charge < -0.3 is 15.4 Å². The van der Waals surface area contributed by atoms with Gasteiger partial charge in [0.05, 0.1) is 5.56 Å². The average molecular weight is 458 g/mol. The number of hydrogen-bond acceptors (Lipinski definition) is 4. The van der Waals surface area contributed by atoms with Crippen molar-refractivity contribution in [2.45, 2.75) is 32.3 Å². The van der Waals surface area contributed by atoms with Crippen molar-refractivity contribution in [3.63, 3.8) is 0 Å². The molecular weight excluding hydrogens is 422 g/mol. The third-order valence-electron chi connectivity index (χ3n) is 6.48. The van der Waals surface area contributed by atoms with E-state index < -0.39 is 5.91 Å². The SMILES string of the molecule is NC(=O)c1cc(CCCCCN2CCN(c3ccccc3)CC2)ccc1OCc1ccccc1. The third kappa shape index (κ3) is 6.84. The summed E-state index contributed by atoms with van der Waals surface area (Å²) in [5.74, 6) is 0.106. The molecule has 1 heterocycles. The molecule has 1 fully saturated rings. The highest BCUT2D eigenvalue weighted by Crippen LogP contribution is 2.22. The molecule has 5 nitrogen and oxygen atoms in total. The summed E-state index contributed by atoms with van der Waals surface area (Å²) in [6.07, 6.45) is 4.43. The van der Waals surface area contributed by atoms with Crippen LogP contribution in [0.4, 0.5) is 5.69 Å². The van der Waals surface area contributed by atoms with Crippen molar-refractivity contribution >= 4 is 11.6 Å². The Labute approximate surface area is 203 Å². The lowest BCUT2D eigenvalue weighted by Crippen LogP contribution is -2.46. The molecule has 0 spiro atoms. The van der Waals surface area contributed by atoms with E-state index in [0.29, 0.717) is 17.9 Å². The number of amides is 1. The van der Waals surface area contributed by atoms with Crippen LogP contribution in [0.2, 0.25) is 0 Å². The van der Waals surface area contributed by atoms with Crippen molar-refractivity contribution in [1.82, 2.24) is 4.90 Å². The Morgan fingerprint density at radius 1 is 0.794 bits per heavy atom. The van der Waals surface area contributed by atoms with E-state index in [1.165, 1.54) is 18.5 Å². The fourth-order valence-electron chi connectivity index (χ4n) is 4.50. The van der Waals surface area contributed by atoms with Crippen LogP contribution in [0.25, 0.3) is 0 Å². The summed E-state index contributed by atoms with van der Waals surface area (Å²) in [6.45, 7) is 6.02. The van der Waals surface area contributed by atoms with Crippen molar-refractivity contribution < 1.29 is 9.53 Å². The second kappa shape index (κ2) is 12.2. The van der Waals surface area contributed by atoms with Crippen LogP contribution in [0.1, 0.15) is 40.7 Å². The van der Waals surface area contributed by atoms with Gasteiger partial charge in [0.2, 0.25) is 0 Å². The van der Waals surface area contributed by atoms with Gasteiger partial charge in [0.1, 0.15) is 12.4 Å². The number of nitrogens with two attached hydrogens (primary N) is 1. The number of ether oxygens (including phenoxy) is 1. The molecule has 2 N–H and O–H groups in total. The zero-order valence-electron chi connectivity index (χ0n) is 19.9. The second-order valence-corrected chi connectivity index (χ2v) is 8.94. The number of nitrogens with zero attached hydrogens (tertiary/aromatic N) is 2. The first-order chi connectivity index (χ1) is 16.7. The van der Waals surface area contributed by atoms with Gasteiger partial charge in [0, 0.05) is 31.9 Å². The van der Waals surface area contributed by atoms with Crippen LogP contribution >= 0.6 is 0 Å². The van der Waals surface area contributed by atoms with Gasteiger partial charge in [-0.05, 0) is 61.2 Å². The molecule has 4 rings (SSSR count). The van der Waals surface area contributed by atoms with Gasteiger partial charge in [-0.2, -0.15) is 0 Å². The van der Waals surface area contributed by atoms with Crippen LogP contribution < -0.4 is 15.4 Å². The lowest BCUT2D eigenvalue weighted by molar-refractivity contribution is 0.0996. The molecule has 0 unspecified atom stereocenters. The number of primary amides is 1. The molecule has 0 saturated carbocycles. The lowest BCUT2D eigenvalue weighted by Gasteiger charge is -2.36. The summed E-state index contributed by atoms with van der Waals surface area (Å²) in [5, 5.41) is 0. The number of anilines is 1. The third-order valence-corrected chi connectivity index (χ3v) is 6.48. The number of para-hydroxylation sites is 1. The summed E-state index contributed by atoms with van der Waals surface area (Å²) in [6, 6.07) is 26.4. The second-order valence-electron chi connectivity index (χ2n) is 8.94. The maximum Gasteiger partial charge on any atom is 0.252 e. The number of carbonyl (C=O) groups is 1. The number of benzene rings is 3. The molecule has 1 aliphatic rings. The Hall–Kier alpha value is -3.31. The molecule has 34 heavy (non-hydrogen) atoms. The molecular formula is C29H35N3O2. The number of aryl methyl sites for hydroxylation is 1. The summed E-state index contributed by atoms with van der Waals surface area (Å²) >= 11 is 0. The first kappa shape index (κ1) is 23.8. The lowest BCUT2D eigenvalue weighted by atomic mass is 10.0. The molecule has 1 amide bonds. The van der Waals surface area contributed by atoms with Crippen LogP contribution in [0.5, 0.6) is 5.75 Å². The van der Waals surface area contributed by atoms with E-state index in [1.54, 1.807) is 0 Å². The Balaban J connectivity index is 1.17. The molecule has 0 aliphatic carbocycles. The Morgan fingerprint density at radius 2 is 1.50 bits per heavy atom. The summed E-state index contributed by atoms with van der Waals surface area (Å²) in [7, 11) is 0. The van der Waals surface area contributed by atoms with E-state index in [4.69, 9.17) is 10.5 Å². The van der Waals surface area contributed by atoms with Crippen molar-refractivity contribution in [2.24, 2.45) is 5.73 Å². The molecule has 3 aromatic rings. The van der Waals surface area contributed by atoms with Gasteiger partial charge in [-0.1, -0.05) is 61.0 Å². The molecule has 178 valence electrons. The minimum absolute atomic E-state index is 0.417. The van der Waals surface area contributed by atoms with E-state index in [-0.39, 0.29) is 0 Å². The minimum Gasteiger partial charge on any atom is -0.488 e. The highest BCUT2D eigenvalue weighted by atomic mass is 16.5. The number of piperazine rings is 1. The first-order valence-electron chi connectivity index (χ1n) is 12.3. The number of hydrogen-bond donors (Lipinski definition) is 1. The number of carbonyl (C=O) groups excluding carboxylic acids is 1. The number of rotatable bonds is 11. The smallest absolute Gasteiger partial charge is 0.252 e. The highest BCUT2D eigenvalue weighted by molar-refractivity contribution is 5.95. The first-order valence-corrected chi connectivity index (χ1v) is 12.3. The maximum absolute atomic E-state index is 12.0. The molecule has 1 aliphatic heterocycles. The maximum atomic E-state index is 12.0. The normalized spacial score (nSPS) is 14.2. The van der Waals surface area contributed by atoms with Gasteiger partial charge in [0.25, 0.3) is 5.91 Å². The van der Waals surface area contributed by atoms with Gasteiger partial charge in [0.15, 0.2) is 0 Å². The summed E-state index contributed by atoms with van der Waals surface area (Å²) < 4.78 is 5.88. The highest BCUT2D eigenvalue weighted by Gasteiger charge is 2.16. The zero-order valence-corrected chi connectivity index (χ0v) is 19.9. The standard InChI is InChI=1S/C29H35N3O2/c30-29(33)27-22-24(15-16-28(27)34-23-25-11-4-1-5-12-25)10-6-3-9-17-31-18-20-32(21-19-31)26-13-7-2-8-14-26/h1-2,4-5,7-8,11-16,22H,3,6,9-10,17-21,23H2,(H2,30,33). The molecule has 1 saturated heterocycles. The summed E-state index contributed by atoms with van der Waals surface area (Å²) in [4.78, 5) is 17.0. The predicted molar refractivity (Wildman–Crippen MR) is 138 cm³/mol. The van der Waals surface area contributed by atoms with Crippen molar-refractivity contribution in [2.75, 3.05) is 37.6 Å². The molecule has 0 aromatic heterocycles. The van der Waals surface area contributed by atoms with Crippen LogP contribution in [0, 0.1) is 0 Å². The quantitative estimate of drug-likeness (QED) is 0.416. The zero-order chi connectivity index (χ0) is 23.6. The average Bonchev–Trinajstić information content (AvgIpc) is 2.89. The van der Waals surface area contributed by atoms with Gasteiger partial charge in [-0.25, -0.2) is 0 Å². The molecule has 0 bridgehead atoms. The fourth-order valence-corrected chi connectivity index (χ4v) is 4.50. The van der Waals surface area contributed by atoms with E-state index in [0.717, 1.165) is 56.7 Å². The van der Waals surface area contributed by atoms with Crippen LogP contribution in [0.3, 0.4) is 0 Å². The van der Waals surface area contributed by atoms with E-state index >= 15 is 0 Å². The van der Waals surface area contributed by atoms with Crippen LogP contribution in [0.15, 0.2) is 78.9 Å². The molecule has 0 radical (unpaired) electrons. The van der Waals surface area contributed by atoms with E-state index in [1.807, 2.05) is 42.5 Å². The summed E-state index contributed by atoms with van der Waals surface area (Å²) in [5.41, 5.74) is 9.62. The van der Waals surface area contributed by atoms with Gasteiger partial charge in [-0.3, -0.25) is 9.69 Å². The minimum atomic E-state index is -0.445. The Morgan fingerprint density at radius 3 is 2.21 bits per heavy atom. The van der Waals surface area contributed by atoms with Crippen molar-refractivity contribution in [3.05, 3.63) is 95.6 Å². The Kier molecular flexibility index (Phi) is 8.58. The van der Waals surface area contributed by atoms with Crippen LogP contribution in [-0.4, -0.2) is 43.5 Å². The predicted octanol–water partition coefficient (Wildman–Crippen LogP) is 4.90. The molecule has 0 atom stereocenters. The van der Waals surface area contributed by atoms with Crippen molar-refractivity contribution in [1.29, 1.82) is 0 Å². The van der Waals surface area contributed by atoms with Crippen LogP contribution in [-0.2, 0) is 13.0 Å². The molecule has 5 heteroatoms. The topological polar surface area (TPSA) is 58.8 Å². The van der Waals surface area contributed by atoms with Gasteiger partial charge >= 0.3 is 0 Å². The monoisotopic (exact) mass is 457 g/mol. The van der Waals surface area contributed by atoms with E-state index in [2.05, 4.69) is 46.2 Å². The Bertz CT molecular complexity index is 1030. The largest absolute Gasteiger partial charge is 0.488 e.